The van der Waals surface area contributed by atoms with Crippen molar-refractivity contribution in [3.63, 3.8) is 0 Å². The zero-order chi connectivity index (χ0) is 18.5. The molecule has 0 saturated carbocycles. The van der Waals surface area contributed by atoms with Crippen molar-refractivity contribution in [1.29, 1.82) is 0 Å². The second-order valence-electron chi connectivity index (χ2n) is 5.54. The fraction of sp³-hybridized carbons (Fsp3) is 0.467. The summed E-state index contributed by atoms with van der Waals surface area (Å²) in [7, 11) is 1.29. The number of carbonyl (C=O) groups excluding carboxylic acids is 1. The Morgan fingerprint density at radius 2 is 1.79 bits per heavy atom. The summed E-state index contributed by atoms with van der Waals surface area (Å²) < 4.78 is 56.4. The second-order valence-corrected chi connectivity index (χ2v) is 5.54. The van der Waals surface area contributed by atoms with Gasteiger partial charge in [-0.15, -0.1) is 0 Å². The van der Waals surface area contributed by atoms with Gasteiger partial charge in [-0.2, -0.15) is 13.2 Å². The minimum atomic E-state index is -4.56. The van der Waals surface area contributed by atoms with E-state index in [-0.39, 0.29) is 12.2 Å². The monoisotopic (exact) mass is 351 g/mol. The van der Waals surface area contributed by atoms with Crippen LogP contribution in [0.4, 0.5) is 17.6 Å². The molecule has 2 unspecified atom stereocenters. The first-order valence-corrected chi connectivity index (χ1v) is 6.82. The Hall–Kier alpha value is -2.16. The largest absolute Gasteiger partial charge is 0.481 e. The van der Waals surface area contributed by atoms with Crippen molar-refractivity contribution in [2.75, 3.05) is 13.7 Å². The van der Waals surface area contributed by atoms with Crippen LogP contribution in [-0.4, -0.2) is 36.2 Å². The van der Waals surface area contributed by atoms with E-state index in [0.29, 0.717) is 12.1 Å². The number of hydrogen-bond donors (Lipinski definition) is 2. The lowest BCUT2D eigenvalue weighted by molar-refractivity contribution is -0.140. The van der Waals surface area contributed by atoms with Crippen molar-refractivity contribution in [1.82, 2.24) is 5.32 Å². The zero-order valence-corrected chi connectivity index (χ0v) is 13.0. The van der Waals surface area contributed by atoms with Crippen LogP contribution in [0.25, 0.3) is 0 Å². The lowest BCUT2D eigenvalue weighted by Crippen LogP contribution is -2.51. The van der Waals surface area contributed by atoms with Gasteiger partial charge < -0.3 is 15.2 Å². The molecule has 9 heteroatoms. The van der Waals surface area contributed by atoms with Gasteiger partial charge in [-0.05, 0) is 24.6 Å². The van der Waals surface area contributed by atoms with Crippen LogP contribution in [0.1, 0.15) is 30.6 Å². The molecule has 24 heavy (non-hydrogen) atoms. The van der Waals surface area contributed by atoms with Crippen LogP contribution in [0.5, 0.6) is 0 Å². The van der Waals surface area contributed by atoms with E-state index in [1.807, 2.05) is 0 Å². The van der Waals surface area contributed by atoms with E-state index in [9.17, 15) is 27.2 Å². The van der Waals surface area contributed by atoms with Gasteiger partial charge in [-0.25, -0.2) is 4.39 Å². The summed E-state index contributed by atoms with van der Waals surface area (Å²) in [6.07, 6.45) is -7.31. The van der Waals surface area contributed by atoms with Gasteiger partial charge in [-0.3, -0.25) is 9.59 Å². The minimum absolute atomic E-state index is 0.176. The molecule has 0 bridgehead atoms. The Balaban J connectivity index is 2.88. The number of rotatable bonds is 7. The van der Waals surface area contributed by atoms with Crippen LogP contribution in [0.3, 0.4) is 0 Å². The van der Waals surface area contributed by atoms with Crippen LogP contribution in [0.2, 0.25) is 0 Å². The number of methoxy groups -OCH3 is 1. The quantitative estimate of drug-likeness (QED) is 0.741. The third-order valence-corrected chi connectivity index (χ3v) is 3.19. The molecule has 0 aliphatic carbocycles. The molecule has 5 nitrogen and oxygen atoms in total. The van der Waals surface area contributed by atoms with Crippen LogP contribution in [0, 0.1) is 0 Å². The van der Waals surface area contributed by atoms with Gasteiger partial charge >= 0.3 is 12.1 Å². The Kier molecular flexibility index (Phi) is 6.30. The lowest BCUT2D eigenvalue weighted by atomic mass is 9.97. The average molecular weight is 351 g/mol. The molecule has 2 atom stereocenters. The smallest absolute Gasteiger partial charge is 0.416 e. The molecule has 1 aromatic rings. The highest BCUT2D eigenvalue weighted by Crippen LogP contribution is 2.30. The number of aliphatic carboxylic acids is 1. The van der Waals surface area contributed by atoms with Crippen molar-refractivity contribution in [3.05, 3.63) is 35.4 Å². The van der Waals surface area contributed by atoms with Gasteiger partial charge in [0.1, 0.15) is 0 Å². The molecule has 0 saturated heterocycles. The minimum Gasteiger partial charge on any atom is -0.481 e. The summed E-state index contributed by atoms with van der Waals surface area (Å²) in [5.74, 6) is -2.38. The van der Waals surface area contributed by atoms with Crippen molar-refractivity contribution >= 4 is 11.9 Å². The van der Waals surface area contributed by atoms with Crippen LogP contribution in [0.15, 0.2) is 24.3 Å². The first-order chi connectivity index (χ1) is 11.0. The number of hydrogen-bond acceptors (Lipinski definition) is 3. The molecule has 0 aromatic heterocycles. The summed E-state index contributed by atoms with van der Waals surface area (Å²) in [5, 5.41) is 11.1. The number of carboxylic acid groups (broad SMARTS) is 1. The van der Waals surface area contributed by atoms with Crippen molar-refractivity contribution in [2.45, 2.75) is 31.2 Å². The van der Waals surface area contributed by atoms with Crippen LogP contribution >= 0.6 is 0 Å². The van der Waals surface area contributed by atoms with Gasteiger partial charge in [0.15, 0.2) is 0 Å². The highest BCUT2D eigenvalue weighted by atomic mass is 19.4. The summed E-state index contributed by atoms with van der Waals surface area (Å²) in [6, 6.07) is 3.05. The first-order valence-electron chi connectivity index (χ1n) is 6.82. The maximum atomic E-state index is 14.2. The summed E-state index contributed by atoms with van der Waals surface area (Å²) in [4.78, 5) is 22.8. The topological polar surface area (TPSA) is 75.6 Å². The van der Waals surface area contributed by atoms with Crippen molar-refractivity contribution in [2.24, 2.45) is 0 Å². The van der Waals surface area contributed by atoms with Gasteiger partial charge in [0.25, 0.3) is 5.91 Å². The van der Waals surface area contributed by atoms with E-state index in [1.54, 1.807) is 0 Å². The van der Waals surface area contributed by atoms with Gasteiger partial charge in [0.05, 0.1) is 24.1 Å². The van der Waals surface area contributed by atoms with Gasteiger partial charge in [-0.1, -0.05) is 12.1 Å². The Morgan fingerprint density at radius 3 is 2.21 bits per heavy atom. The number of benzene rings is 1. The predicted octanol–water partition coefficient (Wildman–Crippen LogP) is 2.71. The molecule has 2 N–H and O–H groups in total. The molecule has 1 amide bonds. The van der Waals surface area contributed by atoms with Crippen LogP contribution in [-0.2, 0) is 20.5 Å². The number of nitrogens with one attached hydrogen (secondary N) is 1. The van der Waals surface area contributed by atoms with Gasteiger partial charge in [0, 0.05) is 7.11 Å². The summed E-state index contributed by atoms with van der Waals surface area (Å²) >= 11 is 0. The van der Waals surface area contributed by atoms with E-state index < -0.39 is 41.7 Å². The molecule has 134 valence electrons. The molecular weight excluding hydrogens is 334 g/mol. The van der Waals surface area contributed by atoms with Crippen molar-refractivity contribution < 1.29 is 37.0 Å². The fourth-order valence-electron chi connectivity index (χ4n) is 2.14. The maximum absolute atomic E-state index is 14.2. The molecule has 0 fully saturated rings. The SMILES string of the molecule is COCC(C)(CC(=O)O)NC(=O)C(F)c1ccc(C(F)(F)F)cc1. The standard InChI is InChI=1S/C15H17F4NO4/c1-14(8-24-2,7-11(21)22)20-13(23)12(16)9-3-5-10(6-4-9)15(17,18)19/h3-6,12H,7-8H2,1-2H3,(H,20,23)(H,21,22). The molecule has 0 spiro atoms. The number of carbonyl (C=O) groups is 2. The highest BCUT2D eigenvalue weighted by Gasteiger charge is 2.34. The van der Waals surface area contributed by atoms with E-state index in [0.717, 1.165) is 12.1 Å². The molecule has 1 rings (SSSR count). The van der Waals surface area contributed by atoms with E-state index in [4.69, 9.17) is 9.84 Å². The third kappa shape index (κ3) is 5.48. The van der Waals surface area contributed by atoms with Gasteiger partial charge in [0.2, 0.25) is 6.17 Å². The van der Waals surface area contributed by atoms with E-state index in [2.05, 4.69) is 5.32 Å². The first kappa shape index (κ1) is 19.9. The second kappa shape index (κ2) is 7.61. The lowest BCUT2D eigenvalue weighted by Gasteiger charge is -2.29. The number of carboxylic acids is 1. The van der Waals surface area contributed by atoms with E-state index >= 15 is 0 Å². The third-order valence-electron chi connectivity index (χ3n) is 3.19. The summed E-state index contributed by atoms with van der Waals surface area (Å²) in [5.41, 5.74) is -2.59. The number of alkyl halides is 4. The number of amides is 1. The van der Waals surface area contributed by atoms with Crippen LogP contribution < -0.4 is 5.32 Å². The molecule has 0 aliphatic heterocycles. The van der Waals surface area contributed by atoms with E-state index in [1.165, 1.54) is 14.0 Å². The normalized spacial score (nSPS) is 15.4. The summed E-state index contributed by atoms with van der Waals surface area (Å²) in [6.45, 7) is 1.19. The maximum Gasteiger partial charge on any atom is 0.416 e. The molecule has 0 heterocycles. The molecule has 1 aromatic carbocycles. The Morgan fingerprint density at radius 1 is 1.25 bits per heavy atom. The Labute approximate surface area is 135 Å². The number of halogens is 4. The van der Waals surface area contributed by atoms with Crippen molar-refractivity contribution in [3.8, 4) is 0 Å². The zero-order valence-electron chi connectivity index (χ0n) is 13.0. The molecule has 0 aliphatic rings. The molecular formula is C15H17F4NO4. The number of ether oxygens (including phenoxy) is 1. The Bertz CT molecular complexity index is 588. The average Bonchev–Trinajstić information content (AvgIpc) is 2.44. The predicted molar refractivity (Wildman–Crippen MR) is 76.0 cm³/mol. The molecule has 0 radical (unpaired) electrons. The highest BCUT2D eigenvalue weighted by molar-refractivity contribution is 5.83. The fourth-order valence-corrected chi connectivity index (χ4v) is 2.14.